The molecule has 3 heteroatoms. The molecule has 0 spiro atoms. The molecule has 1 saturated carbocycles. The summed E-state index contributed by atoms with van der Waals surface area (Å²) in [5.74, 6) is -0.158. The number of benzene rings is 1. The standard InChI is InChI=1S/C14H16O3/c15-13-8-4-7-12(13)9-14(16)17-10-11-5-2-1-3-6-11/h1-3,5-6,12H,4,7-10H2/t12-/m0/s1. The van der Waals surface area contributed by atoms with Crippen molar-refractivity contribution in [3.05, 3.63) is 35.9 Å². The lowest BCUT2D eigenvalue weighted by Gasteiger charge is -2.08. The van der Waals surface area contributed by atoms with Gasteiger partial charge in [0.2, 0.25) is 0 Å². The second-order valence-electron chi connectivity index (χ2n) is 4.41. The van der Waals surface area contributed by atoms with Crippen LogP contribution >= 0.6 is 0 Å². The van der Waals surface area contributed by atoms with E-state index < -0.39 is 0 Å². The third-order valence-electron chi connectivity index (χ3n) is 3.09. The van der Waals surface area contributed by atoms with Crippen molar-refractivity contribution in [2.45, 2.75) is 32.3 Å². The topological polar surface area (TPSA) is 43.4 Å². The van der Waals surface area contributed by atoms with Crippen LogP contribution in [0.3, 0.4) is 0 Å². The first-order valence-electron chi connectivity index (χ1n) is 5.98. The molecule has 1 fully saturated rings. The second-order valence-corrected chi connectivity index (χ2v) is 4.41. The minimum absolute atomic E-state index is 0.0988. The van der Waals surface area contributed by atoms with Crippen LogP contribution in [0.5, 0.6) is 0 Å². The average molecular weight is 232 g/mol. The molecule has 0 N–H and O–H groups in total. The van der Waals surface area contributed by atoms with Crippen molar-refractivity contribution in [3.8, 4) is 0 Å². The van der Waals surface area contributed by atoms with E-state index in [4.69, 9.17) is 4.74 Å². The normalized spacial score (nSPS) is 19.3. The summed E-state index contributed by atoms with van der Waals surface area (Å²) in [5.41, 5.74) is 0.971. The van der Waals surface area contributed by atoms with Crippen LogP contribution in [-0.4, -0.2) is 11.8 Å². The van der Waals surface area contributed by atoms with Crippen LogP contribution in [0, 0.1) is 5.92 Å². The van der Waals surface area contributed by atoms with Crippen LogP contribution < -0.4 is 0 Å². The van der Waals surface area contributed by atoms with Gasteiger partial charge in [-0.3, -0.25) is 9.59 Å². The molecular weight excluding hydrogens is 216 g/mol. The van der Waals surface area contributed by atoms with E-state index in [9.17, 15) is 9.59 Å². The molecule has 0 amide bonds. The third-order valence-corrected chi connectivity index (χ3v) is 3.09. The van der Waals surface area contributed by atoms with Gasteiger partial charge in [0.15, 0.2) is 0 Å². The molecule has 0 bridgehead atoms. The van der Waals surface area contributed by atoms with Gasteiger partial charge in [-0.25, -0.2) is 0 Å². The van der Waals surface area contributed by atoms with Crippen LogP contribution in [0.2, 0.25) is 0 Å². The molecule has 3 nitrogen and oxygen atoms in total. The van der Waals surface area contributed by atoms with Crippen LogP contribution in [0.4, 0.5) is 0 Å². The van der Waals surface area contributed by atoms with Gasteiger partial charge in [-0.2, -0.15) is 0 Å². The number of ether oxygens (including phenoxy) is 1. The fourth-order valence-corrected chi connectivity index (χ4v) is 2.10. The molecule has 1 aliphatic rings. The summed E-state index contributed by atoms with van der Waals surface area (Å²) in [6.45, 7) is 0.292. The summed E-state index contributed by atoms with van der Waals surface area (Å²) in [6, 6.07) is 9.55. The van der Waals surface area contributed by atoms with Crippen molar-refractivity contribution in [1.82, 2.24) is 0 Å². The van der Waals surface area contributed by atoms with Gasteiger partial charge in [0.1, 0.15) is 12.4 Å². The molecule has 0 saturated heterocycles. The maximum atomic E-state index is 11.5. The zero-order valence-electron chi connectivity index (χ0n) is 9.72. The van der Waals surface area contributed by atoms with Crippen molar-refractivity contribution in [2.75, 3.05) is 0 Å². The van der Waals surface area contributed by atoms with Crippen LogP contribution in [0.25, 0.3) is 0 Å². The maximum absolute atomic E-state index is 11.5. The molecule has 17 heavy (non-hydrogen) atoms. The largest absolute Gasteiger partial charge is 0.461 e. The van der Waals surface area contributed by atoms with Crippen molar-refractivity contribution < 1.29 is 14.3 Å². The number of ketones is 1. The molecule has 2 rings (SSSR count). The first-order chi connectivity index (χ1) is 8.25. The zero-order valence-corrected chi connectivity index (χ0v) is 9.72. The molecule has 1 aromatic carbocycles. The lowest BCUT2D eigenvalue weighted by molar-refractivity contribution is -0.147. The predicted octanol–water partition coefficient (Wildman–Crippen LogP) is 2.49. The molecule has 1 atom stereocenters. The van der Waals surface area contributed by atoms with Gasteiger partial charge in [-0.05, 0) is 18.4 Å². The molecular formula is C14H16O3. The van der Waals surface area contributed by atoms with Gasteiger partial charge < -0.3 is 4.74 Å². The Hall–Kier alpha value is -1.64. The van der Waals surface area contributed by atoms with Gasteiger partial charge in [0.25, 0.3) is 0 Å². The van der Waals surface area contributed by atoms with E-state index >= 15 is 0 Å². The second kappa shape index (κ2) is 5.62. The van der Waals surface area contributed by atoms with Gasteiger partial charge in [-0.15, -0.1) is 0 Å². The fraction of sp³-hybridized carbons (Fsp3) is 0.429. The molecule has 90 valence electrons. The summed E-state index contributed by atoms with van der Waals surface area (Å²) < 4.78 is 5.15. The Balaban J connectivity index is 1.76. The summed E-state index contributed by atoms with van der Waals surface area (Å²) in [6.07, 6.45) is 2.61. The lowest BCUT2D eigenvalue weighted by atomic mass is 10.0. The van der Waals surface area contributed by atoms with Crippen molar-refractivity contribution in [1.29, 1.82) is 0 Å². The number of rotatable bonds is 4. The highest BCUT2D eigenvalue weighted by Crippen LogP contribution is 2.24. The number of carbonyl (C=O) groups is 2. The number of esters is 1. The van der Waals surface area contributed by atoms with E-state index in [0.29, 0.717) is 13.0 Å². The quantitative estimate of drug-likeness (QED) is 0.749. The van der Waals surface area contributed by atoms with E-state index in [1.54, 1.807) is 0 Å². The Labute approximate surface area is 101 Å². The van der Waals surface area contributed by atoms with Crippen molar-refractivity contribution in [3.63, 3.8) is 0 Å². The molecule has 1 aliphatic carbocycles. The minimum atomic E-state index is -0.269. The highest BCUT2D eigenvalue weighted by atomic mass is 16.5. The van der Waals surface area contributed by atoms with Crippen molar-refractivity contribution in [2.24, 2.45) is 5.92 Å². The Morgan fingerprint density at radius 1 is 1.29 bits per heavy atom. The number of hydrogen-bond acceptors (Lipinski definition) is 3. The molecule has 0 unspecified atom stereocenters. The lowest BCUT2D eigenvalue weighted by Crippen LogP contribution is -2.14. The van der Waals surface area contributed by atoms with E-state index in [0.717, 1.165) is 18.4 Å². The molecule has 0 aromatic heterocycles. The number of hydrogen-bond donors (Lipinski definition) is 0. The smallest absolute Gasteiger partial charge is 0.306 e. The zero-order chi connectivity index (χ0) is 12.1. The first kappa shape index (κ1) is 11.8. The monoisotopic (exact) mass is 232 g/mol. The Morgan fingerprint density at radius 3 is 2.71 bits per heavy atom. The minimum Gasteiger partial charge on any atom is -0.461 e. The van der Waals surface area contributed by atoms with Gasteiger partial charge in [0, 0.05) is 12.3 Å². The van der Waals surface area contributed by atoms with Gasteiger partial charge >= 0.3 is 5.97 Å². The third kappa shape index (κ3) is 3.41. The van der Waals surface area contributed by atoms with E-state index in [-0.39, 0.29) is 24.1 Å². The van der Waals surface area contributed by atoms with E-state index in [1.807, 2.05) is 30.3 Å². The summed E-state index contributed by atoms with van der Waals surface area (Å²) in [4.78, 5) is 22.9. The SMILES string of the molecule is O=C(C[C@@H]1CCCC1=O)OCc1ccccc1. The Kier molecular flexibility index (Phi) is 3.91. The van der Waals surface area contributed by atoms with Crippen LogP contribution in [-0.2, 0) is 20.9 Å². The van der Waals surface area contributed by atoms with Crippen molar-refractivity contribution >= 4 is 11.8 Å². The predicted molar refractivity (Wildman–Crippen MR) is 63.2 cm³/mol. The van der Waals surface area contributed by atoms with Gasteiger partial charge in [-0.1, -0.05) is 30.3 Å². The van der Waals surface area contributed by atoms with E-state index in [1.165, 1.54) is 0 Å². The van der Waals surface area contributed by atoms with Crippen LogP contribution in [0.15, 0.2) is 30.3 Å². The highest BCUT2D eigenvalue weighted by Gasteiger charge is 2.27. The highest BCUT2D eigenvalue weighted by molar-refractivity contribution is 5.86. The summed E-state index contributed by atoms with van der Waals surface area (Å²) in [5, 5.41) is 0. The molecule has 1 aromatic rings. The molecule has 0 heterocycles. The first-order valence-corrected chi connectivity index (χ1v) is 5.98. The van der Waals surface area contributed by atoms with Crippen LogP contribution in [0.1, 0.15) is 31.2 Å². The fourth-order valence-electron chi connectivity index (χ4n) is 2.10. The number of Topliss-reactive ketones (excluding diaryl/α,β-unsaturated/α-hetero) is 1. The van der Waals surface area contributed by atoms with E-state index in [2.05, 4.69) is 0 Å². The summed E-state index contributed by atoms with van der Waals surface area (Å²) >= 11 is 0. The maximum Gasteiger partial charge on any atom is 0.306 e. The molecule has 0 aliphatic heterocycles. The summed E-state index contributed by atoms with van der Waals surface area (Å²) in [7, 11) is 0. The van der Waals surface area contributed by atoms with Gasteiger partial charge in [0.05, 0.1) is 6.42 Å². The Bertz CT molecular complexity index is 397. The molecule has 0 radical (unpaired) electrons. The number of carbonyl (C=O) groups excluding carboxylic acids is 2. The Morgan fingerprint density at radius 2 is 2.06 bits per heavy atom. The average Bonchev–Trinajstić information content (AvgIpc) is 2.74.